The molecule has 3 aromatic rings. The van der Waals surface area contributed by atoms with E-state index in [2.05, 4.69) is 17.3 Å². The van der Waals surface area contributed by atoms with Gasteiger partial charge in [0.25, 0.3) is 5.91 Å². The molecular formula is C20H18FN3O. The third-order valence-corrected chi connectivity index (χ3v) is 4.69. The molecule has 4 rings (SSSR count). The zero-order chi connectivity index (χ0) is 17.6. The third-order valence-electron chi connectivity index (χ3n) is 4.69. The highest BCUT2D eigenvalue weighted by Crippen LogP contribution is 2.35. The summed E-state index contributed by atoms with van der Waals surface area (Å²) in [6, 6.07) is 13.9. The molecule has 1 aliphatic rings. The number of nitrogens with zero attached hydrogens (tertiary/aromatic N) is 2. The maximum atomic E-state index is 13.2. The van der Waals surface area contributed by atoms with Crippen LogP contribution in [0.25, 0.3) is 5.69 Å². The minimum atomic E-state index is -0.300. The maximum Gasteiger partial charge on any atom is 0.271 e. The van der Waals surface area contributed by atoms with Gasteiger partial charge >= 0.3 is 0 Å². The first-order chi connectivity index (χ1) is 12.1. The Morgan fingerprint density at radius 1 is 1.16 bits per heavy atom. The van der Waals surface area contributed by atoms with Crippen LogP contribution in [-0.2, 0) is 6.42 Å². The number of carbonyl (C=O) groups is 1. The standard InChI is InChI=1S/C20H18FN3O/c1-3-13-6-4-5-7-16(13)24-19-17(12(2)23-24)18(22-20(19)25)14-8-10-15(21)11-9-14/h4-11,18H,3H2,1-2H3,(H,22,25). The second-order valence-corrected chi connectivity index (χ2v) is 6.20. The molecule has 0 bridgehead atoms. The van der Waals surface area contributed by atoms with Gasteiger partial charge in [-0.1, -0.05) is 37.3 Å². The van der Waals surface area contributed by atoms with Gasteiger partial charge in [-0.05, 0) is 42.7 Å². The number of fused-ring (bicyclic) bond motifs is 1. The molecule has 5 heteroatoms. The molecular weight excluding hydrogens is 317 g/mol. The SMILES string of the molecule is CCc1ccccc1-n1nc(C)c2c1C(=O)NC2c1ccc(F)cc1. The van der Waals surface area contributed by atoms with Crippen LogP contribution >= 0.6 is 0 Å². The Hall–Kier alpha value is -2.95. The van der Waals surface area contributed by atoms with Crippen molar-refractivity contribution in [3.63, 3.8) is 0 Å². The summed E-state index contributed by atoms with van der Waals surface area (Å²) in [6.45, 7) is 3.98. The number of benzene rings is 2. The van der Waals surface area contributed by atoms with E-state index < -0.39 is 0 Å². The van der Waals surface area contributed by atoms with Crippen molar-refractivity contribution in [2.24, 2.45) is 0 Å². The lowest BCUT2D eigenvalue weighted by atomic mass is 10.00. The fourth-order valence-corrected chi connectivity index (χ4v) is 3.47. The molecule has 2 aromatic carbocycles. The molecule has 1 unspecified atom stereocenters. The molecule has 126 valence electrons. The van der Waals surface area contributed by atoms with Gasteiger partial charge < -0.3 is 5.32 Å². The normalized spacial score (nSPS) is 16.0. The zero-order valence-electron chi connectivity index (χ0n) is 14.1. The number of nitrogens with one attached hydrogen (secondary N) is 1. The fraction of sp³-hybridized carbons (Fsp3) is 0.200. The number of aryl methyl sites for hydroxylation is 2. The van der Waals surface area contributed by atoms with Crippen LogP contribution in [0, 0.1) is 12.7 Å². The highest BCUT2D eigenvalue weighted by atomic mass is 19.1. The number of rotatable bonds is 3. The van der Waals surface area contributed by atoms with Crippen molar-refractivity contribution >= 4 is 5.91 Å². The van der Waals surface area contributed by atoms with Crippen LogP contribution in [0.1, 0.15) is 45.8 Å². The van der Waals surface area contributed by atoms with Crippen molar-refractivity contribution in [2.75, 3.05) is 0 Å². The molecule has 25 heavy (non-hydrogen) atoms. The molecule has 1 aliphatic heterocycles. The molecule has 0 fully saturated rings. The topological polar surface area (TPSA) is 46.9 Å². The van der Waals surface area contributed by atoms with Crippen LogP contribution in [0.5, 0.6) is 0 Å². The Morgan fingerprint density at radius 2 is 1.88 bits per heavy atom. The van der Waals surface area contributed by atoms with E-state index in [4.69, 9.17) is 0 Å². The van der Waals surface area contributed by atoms with Gasteiger partial charge in [-0.25, -0.2) is 9.07 Å². The molecule has 0 radical (unpaired) electrons. The van der Waals surface area contributed by atoms with Crippen LogP contribution in [0.15, 0.2) is 48.5 Å². The second kappa shape index (κ2) is 5.84. The number of hydrogen-bond acceptors (Lipinski definition) is 2. The fourth-order valence-electron chi connectivity index (χ4n) is 3.47. The summed E-state index contributed by atoms with van der Waals surface area (Å²) >= 11 is 0. The Morgan fingerprint density at radius 3 is 2.60 bits per heavy atom. The molecule has 0 saturated heterocycles. The van der Waals surface area contributed by atoms with E-state index in [0.717, 1.165) is 34.5 Å². The predicted molar refractivity (Wildman–Crippen MR) is 93.4 cm³/mol. The molecule has 0 spiro atoms. The first-order valence-electron chi connectivity index (χ1n) is 8.34. The lowest BCUT2D eigenvalue weighted by Gasteiger charge is -2.12. The lowest BCUT2D eigenvalue weighted by Crippen LogP contribution is -2.22. The van der Waals surface area contributed by atoms with Gasteiger partial charge in [0.05, 0.1) is 17.4 Å². The third kappa shape index (κ3) is 2.43. The zero-order valence-corrected chi connectivity index (χ0v) is 14.1. The highest BCUT2D eigenvalue weighted by molar-refractivity contribution is 5.99. The number of amides is 1. The van der Waals surface area contributed by atoms with Crippen molar-refractivity contribution in [3.8, 4) is 5.69 Å². The van der Waals surface area contributed by atoms with Crippen molar-refractivity contribution in [1.29, 1.82) is 0 Å². The summed E-state index contributed by atoms with van der Waals surface area (Å²) in [5.74, 6) is -0.451. The first kappa shape index (κ1) is 15.6. The van der Waals surface area contributed by atoms with E-state index in [9.17, 15) is 9.18 Å². The molecule has 4 nitrogen and oxygen atoms in total. The van der Waals surface area contributed by atoms with Crippen molar-refractivity contribution in [2.45, 2.75) is 26.3 Å². The van der Waals surface area contributed by atoms with E-state index >= 15 is 0 Å². The van der Waals surface area contributed by atoms with Crippen LogP contribution in [0.4, 0.5) is 4.39 Å². The van der Waals surface area contributed by atoms with Crippen molar-refractivity contribution in [3.05, 3.63) is 82.4 Å². The van der Waals surface area contributed by atoms with E-state index in [1.165, 1.54) is 12.1 Å². The number of carbonyl (C=O) groups excluding carboxylic acids is 1. The van der Waals surface area contributed by atoms with Gasteiger partial charge in [-0.2, -0.15) is 5.10 Å². The maximum absolute atomic E-state index is 13.2. The molecule has 1 amide bonds. The summed E-state index contributed by atoms with van der Waals surface area (Å²) in [7, 11) is 0. The number of hydrogen-bond donors (Lipinski definition) is 1. The average Bonchev–Trinajstić information content (AvgIpc) is 3.14. The summed E-state index contributed by atoms with van der Waals surface area (Å²) in [6.07, 6.45) is 0.854. The summed E-state index contributed by atoms with van der Waals surface area (Å²) in [5.41, 5.74) is 5.12. The van der Waals surface area contributed by atoms with Gasteiger partial charge in [0.2, 0.25) is 0 Å². The second-order valence-electron chi connectivity index (χ2n) is 6.20. The van der Waals surface area contributed by atoms with Crippen molar-refractivity contribution < 1.29 is 9.18 Å². The smallest absolute Gasteiger partial charge is 0.271 e. The van der Waals surface area contributed by atoms with Crippen LogP contribution in [-0.4, -0.2) is 15.7 Å². The van der Waals surface area contributed by atoms with E-state index in [-0.39, 0.29) is 17.8 Å². The minimum Gasteiger partial charge on any atom is -0.340 e. The molecule has 2 heterocycles. The molecule has 0 saturated carbocycles. The van der Waals surface area contributed by atoms with Crippen LogP contribution < -0.4 is 5.32 Å². The van der Waals surface area contributed by atoms with Gasteiger partial charge in [-0.15, -0.1) is 0 Å². The predicted octanol–water partition coefficient (Wildman–Crippen LogP) is 3.72. The molecule has 1 N–H and O–H groups in total. The van der Waals surface area contributed by atoms with E-state index in [1.54, 1.807) is 16.8 Å². The largest absolute Gasteiger partial charge is 0.340 e. The van der Waals surface area contributed by atoms with Crippen molar-refractivity contribution in [1.82, 2.24) is 15.1 Å². The number of aromatic nitrogens is 2. The summed E-state index contributed by atoms with van der Waals surface area (Å²) < 4.78 is 15.0. The molecule has 1 atom stereocenters. The van der Waals surface area contributed by atoms with Crippen LogP contribution in [0.2, 0.25) is 0 Å². The van der Waals surface area contributed by atoms with Gasteiger partial charge in [-0.3, -0.25) is 4.79 Å². The molecule has 0 aliphatic carbocycles. The van der Waals surface area contributed by atoms with Gasteiger partial charge in [0, 0.05) is 5.56 Å². The average molecular weight is 335 g/mol. The quantitative estimate of drug-likeness (QED) is 0.793. The first-order valence-corrected chi connectivity index (χ1v) is 8.34. The minimum absolute atomic E-state index is 0.157. The Labute approximate surface area is 145 Å². The van der Waals surface area contributed by atoms with Crippen LogP contribution in [0.3, 0.4) is 0 Å². The highest BCUT2D eigenvalue weighted by Gasteiger charge is 2.36. The monoisotopic (exact) mass is 335 g/mol. The Balaban J connectivity index is 1.88. The summed E-state index contributed by atoms with van der Waals surface area (Å²) in [4.78, 5) is 12.7. The van der Waals surface area contributed by atoms with Gasteiger partial charge in [0.15, 0.2) is 0 Å². The number of para-hydroxylation sites is 1. The Bertz CT molecular complexity index is 960. The number of halogens is 1. The lowest BCUT2D eigenvalue weighted by molar-refractivity contribution is 0.0953. The summed E-state index contributed by atoms with van der Waals surface area (Å²) in [5, 5.41) is 7.64. The Kier molecular flexibility index (Phi) is 3.64. The molecule has 1 aromatic heterocycles. The van der Waals surface area contributed by atoms with Gasteiger partial charge in [0.1, 0.15) is 11.5 Å². The van der Waals surface area contributed by atoms with E-state index in [0.29, 0.717) is 5.69 Å². The van der Waals surface area contributed by atoms with E-state index in [1.807, 2.05) is 31.2 Å².